The van der Waals surface area contributed by atoms with Gasteiger partial charge in [0, 0.05) is 19.3 Å². The third-order valence-electron chi connectivity index (χ3n) is 2.82. The number of hydrogen-bond donors (Lipinski definition) is 2. The molecule has 0 spiro atoms. The van der Waals surface area contributed by atoms with Crippen LogP contribution >= 0.6 is 11.8 Å². The Kier molecular flexibility index (Phi) is 7.93. The summed E-state index contributed by atoms with van der Waals surface area (Å²) >= 11 is 1.72. The molecule has 0 fully saturated rings. The molecule has 0 saturated carbocycles. The fourth-order valence-electron chi connectivity index (χ4n) is 1.86. The number of sulfonamides is 1. The van der Waals surface area contributed by atoms with Crippen molar-refractivity contribution >= 4 is 27.7 Å². The van der Waals surface area contributed by atoms with Crippen LogP contribution in [-0.2, 0) is 22.3 Å². The molecule has 1 aromatic rings. The standard InChI is InChI=1S/C14H26N4O3S2/c1-11-8-12(21-13(11)9-18(3)4)10-22-7-6-16-14(15-2)17-23(5,19)20/h8H,6-7,9-10H2,1-5H3,(H2,15,16,17). The van der Waals surface area contributed by atoms with Crippen LogP contribution in [0, 0.1) is 6.92 Å². The minimum absolute atomic E-state index is 0.259. The second-order valence-corrected chi connectivity index (χ2v) is 8.34. The molecule has 1 aromatic heterocycles. The predicted molar refractivity (Wildman–Crippen MR) is 96.3 cm³/mol. The summed E-state index contributed by atoms with van der Waals surface area (Å²) in [7, 11) is 2.26. The molecular weight excluding hydrogens is 336 g/mol. The normalized spacial score (nSPS) is 12.7. The van der Waals surface area contributed by atoms with Gasteiger partial charge in [-0.25, -0.2) is 8.42 Å². The molecule has 0 aliphatic rings. The van der Waals surface area contributed by atoms with Crippen LogP contribution < -0.4 is 10.0 Å². The minimum atomic E-state index is -3.30. The molecule has 2 N–H and O–H groups in total. The number of hydrogen-bond acceptors (Lipinski definition) is 6. The first-order chi connectivity index (χ1) is 10.7. The average molecular weight is 363 g/mol. The molecule has 1 heterocycles. The van der Waals surface area contributed by atoms with E-state index >= 15 is 0 Å². The number of furan rings is 1. The van der Waals surface area contributed by atoms with Gasteiger partial charge in [-0.1, -0.05) is 0 Å². The van der Waals surface area contributed by atoms with Crippen LogP contribution in [0.25, 0.3) is 0 Å². The van der Waals surface area contributed by atoms with Gasteiger partial charge in [0.05, 0.1) is 18.6 Å². The maximum Gasteiger partial charge on any atom is 0.232 e. The molecular formula is C14H26N4O3S2. The number of nitrogens with one attached hydrogen (secondary N) is 2. The van der Waals surface area contributed by atoms with Gasteiger partial charge in [-0.3, -0.25) is 9.71 Å². The summed E-state index contributed by atoms with van der Waals surface area (Å²) in [6, 6.07) is 2.07. The maximum absolute atomic E-state index is 11.1. The van der Waals surface area contributed by atoms with Gasteiger partial charge in [0.25, 0.3) is 0 Å². The van der Waals surface area contributed by atoms with Gasteiger partial charge in [-0.2, -0.15) is 11.8 Å². The number of rotatable bonds is 8. The number of guanidine groups is 1. The molecule has 23 heavy (non-hydrogen) atoms. The Morgan fingerprint density at radius 1 is 1.43 bits per heavy atom. The van der Waals surface area contributed by atoms with Crippen LogP contribution in [-0.4, -0.2) is 59.0 Å². The first kappa shape index (κ1) is 19.9. The second-order valence-electron chi connectivity index (χ2n) is 5.48. The quantitative estimate of drug-likeness (QED) is 0.408. The zero-order valence-corrected chi connectivity index (χ0v) is 16.0. The van der Waals surface area contributed by atoms with Crippen LogP contribution in [0.3, 0.4) is 0 Å². The summed E-state index contributed by atoms with van der Waals surface area (Å²) in [5.74, 6) is 3.82. The molecule has 0 saturated heterocycles. The zero-order valence-electron chi connectivity index (χ0n) is 14.3. The van der Waals surface area contributed by atoms with E-state index in [-0.39, 0.29) is 5.96 Å². The molecule has 0 aliphatic carbocycles. The van der Waals surface area contributed by atoms with E-state index in [4.69, 9.17) is 4.42 Å². The molecule has 132 valence electrons. The van der Waals surface area contributed by atoms with Gasteiger partial charge in [0.15, 0.2) is 0 Å². The number of thioether (sulfide) groups is 1. The van der Waals surface area contributed by atoms with Crippen LogP contribution in [0.1, 0.15) is 17.1 Å². The highest BCUT2D eigenvalue weighted by atomic mass is 32.2. The summed E-state index contributed by atoms with van der Waals surface area (Å²) in [6.07, 6.45) is 1.10. The first-order valence-electron chi connectivity index (χ1n) is 7.20. The Morgan fingerprint density at radius 2 is 2.13 bits per heavy atom. The molecule has 0 radical (unpaired) electrons. The molecule has 0 bridgehead atoms. The van der Waals surface area contributed by atoms with Crippen molar-refractivity contribution in [3.63, 3.8) is 0 Å². The first-order valence-corrected chi connectivity index (χ1v) is 10.2. The third kappa shape index (κ3) is 8.29. The number of aliphatic imine (C=N–C) groups is 1. The second kappa shape index (κ2) is 9.19. The van der Waals surface area contributed by atoms with E-state index in [0.717, 1.165) is 35.8 Å². The van der Waals surface area contributed by atoms with Crippen molar-refractivity contribution in [3.05, 3.63) is 23.2 Å². The van der Waals surface area contributed by atoms with Gasteiger partial charge in [0.2, 0.25) is 16.0 Å². The van der Waals surface area contributed by atoms with Crippen LogP contribution in [0.4, 0.5) is 0 Å². The molecule has 0 atom stereocenters. The topological polar surface area (TPSA) is 86.9 Å². The van der Waals surface area contributed by atoms with Gasteiger partial charge in [0.1, 0.15) is 11.5 Å². The molecule has 1 rings (SSSR count). The Balaban J connectivity index is 2.32. The van der Waals surface area contributed by atoms with Crippen LogP contribution in [0.2, 0.25) is 0 Å². The molecule has 0 aromatic carbocycles. The highest BCUT2D eigenvalue weighted by Gasteiger charge is 2.09. The monoisotopic (exact) mass is 362 g/mol. The minimum Gasteiger partial charge on any atom is -0.464 e. The SMILES string of the molecule is CN=C(NCCSCc1cc(C)c(CN(C)C)o1)NS(C)(=O)=O. The fourth-order valence-corrected chi connectivity index (χ4v) is 3.11. The summed E-state index contributed by atoms with van der Waals surface area (Å²) in [4.78, 5) is 5.93. The summed E-state index contributed by atoms with van der Waals surface area (Å²) in [5.41, 5.74) is 1.17. The Morgan fingerprint density at radius 3 is 2.70 bits per heavy atom. The van der Waals surface area contributed by atoms with E-state index in [9.17, 15) is 8.42 Å². The number of aryl methyl sites for hydroxylation is 1. The largest absolute Gasteiger partial charge is 0.464 e. The lowest BCUT2D eigenvalue weighted by Crippen LogP contribution is -2.41. The highest BCUT2D eigenvalue weighted by Crippen LogP contribution is 2.20. The van der Waals surface area contributed by atoms with Gasteiger partial charge in [-0.15, -0.1) is 0 Å². The van der Waals surface area contributed by atoms with Crippen molar-refractivity contribution in [2.24, 2.45) is 4.99 Å². The van der Waals surface area contributed by atoms with Crippen molar-refractivity contribution in [1.29, 1.82) is 0 Å². The Bertz CT molecular complexity index is 624. The Hall–Kier alpha value is -1.19. The Labute approximate surface area is 143 Å². The summed E-state index contributed by atoms with van der Waals surface area (Å²) < 4.78 is 30.4. The molecule has 9 heteroatoms. The lowest BCUT2D eigenvalue weighted by molar-refractivity contribution is 0.343. The van der Waals surface area contributed by atoms with Crippen molar-refractivity contribution in [2.45, 2.75) is 19.2 Å². The molecule has 0 unspecified atom stereocenters. The zero-order chi connectivity index (χ0) is 17.5. The highest BCUT2D eigenvalue weighted by molar-refractivity contribution is 7.98. The van der Waals surface area contributed by atoms with Crippen molar-refractivity contribution < 1.29 is 12.8 Å². The lowest BCUT2D eigenvalue weighted by Gasteiger charge is -2.09. The van der Waals surface area contributed by atoms with Crippen LogP contribution in [0.15, 0.2) is 15.5 Å². The molecule has 0 amide bonds. The van der Waals surface area contributed by atoms with Crippen molar-refractivity contribution in [2.75, 3.05) is 39.7 Å². The predicted octanol–water partition coefficient (Wildman–Crippen LogP) is 1.01. The molecule has 7 nitrogen and oxygen atoms in total. The van der Waals surface area contributed by atoms with Gasteiger partial charge in [-0.05, 0) is 32.6 Å². The van der Waals surface area contributed by atoms with E-state index in [2.05, 4.69) is 32.9 Å². The van der Waals surface area contributed by atoms with E-state index in [1.165, 1.54) is 12.6 Å². The van der Waals surface area contributed by atoms with E-state index in [0.29, 0.717) is 6.54 Å². The summed E-state index contributed by atoms with van der Waals surface area (Å²) in [6.45, 7) is 3.47. The molecule has 0 aliphatic heterocycles. The fraction of sp³-hybridized carbons (Fsp3) is 0.643. The maximum atomic E-state index is 11.1. The lowest BCUT2D eigenvalue weighted by atomic mass is 10.2. The van der Waals surface area contributed by atoms with Gasteiger partial charge < -0.3 is 14.6 Å². The summed E-state index contributed by atoms with van der Waals surface area (Å²) in [5, 5.41) is 2.96. The van der Waals surface area contributed by atoms with E-state index in [1.54, 1.807) is 11.8 Å². The van der Waals surface area contributed by atoms with Crippen molar-refractivity contribution in [3.8, 4) is 0 Å². The van der Waals surface area contributed by atoms with Crippen molar-refractivity contribution in [1.82, 2.24) is 14.9 Å². The van der Waals surface area contributed by atoms with E-state index in [1.807, 2.05) is 14.1 Å². The van der Waals surface area contributed by atoms with E-state index < -0.39 is 10.0 Å². The average Bonchev–Trinajstić information content (AvgIpc) is 2.75. The van der Waals surface area contributed by atoms with Gasteiger partial charge >= 0.3 is 0 Å². The smallest absolute Gasteiger partial charge is 0.232 e. The third-order valence-corrected chi connectivity index (χ3v) is 4.37. The van der Waals surface area contributed by atoms with Crippen LogP contribution in [0.5, 0.6) is 0 Å². The number of nitrogens with zero attached hydrogens (tertiary/aromatic N) is 2.